The maximum Gasteiger partial charge on any atom is 0.225 e. The Morgan fingerprint density at radius 3 is 2.93 bits per heavy atom. The molecule has 2 N–H and O–H groups in total. The highest BCUT2D eigenvalue weighted by molar-refractivity contribution is 5.95. The van der Waals surface area contributed by atoms with E-state index in [1.165, 1.54) is 0 Å². The summed E-state index contributed by atoms with van der Waals surface area (Å²) < 4.78 is 0. The van der Waals surface area contributed by atoms with E-state index in [4.69, 9.17) is 0 Å². The number of aromatic amines is 1. The molecule has 0 spiro atoms. The average molecular weight is 193 g/mol. The highest BCUT2D eigenvalue weighted by atomic mass is 16.2. The van der Waals surface area contributed by atoms with E-state index in [9.17, 15) is 4.79 Å². The number of hydrogen-bond acceptors (Lipinski definition) is 2. The molecule has 1 aliphatic rings. The molecule has 1 aromatic rings. The van der Waals surface area contributed by atoms with E-state index in [0.29, 0.717) is 6.54 Å². The lowest BCUT2D eigenvalue weighted by molar-refractivity contribution is -0.116. The fourth-order valence-electron chi connectivity index (χ4n) is 1.83. The molecule has 0 aliphatic carbocycles. The number of aromatic nitrogens is 1. The molecule has 14 heavy (non-hydrogen) atoms. The first-order valence-corrected chi connectivity index (χ1v) is 4.73. The summed E-state index contributed by atoms with van der Waals surface area (Å²) in [5.74, 6) is 0.945. The Kier molecular flexibility index (Phi) is 1.80. The van der Waals surface area contributed by atoms with Crippen LogP contribution in [0.4, 0.5) is 11.5 Å². The molecule has 0 unspecified atom stereocenters. The first kappa shape index (κ1) is 9.12. The van der Waals surface area contributed by atoms with Gasteiger partial charge in [0.05, 0.1) is 5.69 Å². The van der Waals surface area contributed by atoms with Crippen LogP contribution in [-0.4, -0.2) is 23.0 Å². The van der Waals surface area contributed by atoms with E-state index in [-0.39, 0.29) is 11.4 Å². The molecule has 2 heterocycles. The van der Waals surface area contributed by atoms with Crippen molar-refractivity contribution < 1.29 is 4.79 Å². The molecule has 0 saturated carbocycles. The summed E-state index contributed by atoms with van der Waals surface area (Å²) in [5.41, 5.74) is 0.928. The molecule has 0 radical (unpaired) electrons. The smallest absolute Gasteiger partial charge is 0.225 e. The molecular formula is C10H15N3O. The standard InChI is InChI=1S/C10H15N3O/c1-7(14)13-6-10(2,3)12-8-4-5-11-9(8)13/h4-5,11-12H,6H2,1-3H3. The lowest BCUT2D eigenvalue weighted by Crippen LogP contribution is -2.50. The van der Waals surface area contributed by atoms with Gasteiger partial charge in [-0.1, -0.05) is 0 Å². The van der Waals surface area contributed by atoms with Crippen LogP contribution in [0.15, 0.2) is 12.3 Å². The lowest BCUT2D eigenvalue weighted by Gasteiger charge is -2.38. The van der Waals surface area contributed by atoms with Crippen molar-refractivity contribution in [2.45, 2.75) is 26.3 Å². The lowest BCUT2D eigenvalue weighted by atomic mass is 10.0. The van der Waals surface area contributed by atoms with Crippen LogP contribution >= 0.6 is 0 Å². The Labute approximate surface area is 83.3 Å². The zero-order valence-electron chi connectivity index (χ0n) is 8.72. The molecule has 0 bridgehead atoms. The molecule has 0 fully saturated rings. The van der Waals surface area contributed by atoms with Crippen LogP contribution in [0.25, 0.3) is 0 Å². The first-order chi connectivity index (χ1) is 6.49. The Morgan fingerprint density at radius 1 is 1.57 bits per heavy atom. The molecule has 76 valence electrons. The van der Waals surface area contributed by atoms with Gasteiger partial charge in [0.15, 0.2) is 0 Å². The molecule has 4 heteroatoms. The highest BCUT2D eigenvalue weighted by Gasteiger charge is 2.31. The number of rotatable bonds is 0. The van der Waals surface area contributed by atoms with Gasteiger partial charge in [-0.2, -0.15) is 0 Å². The summed E-state index contributed by atoms with van der Waals surface area (Å²) in [6.45, 7) is 6.44. The monoisotopic (exact) mass is 193 g/mol. The van der Waals surface area contributed by atoms with E-state index in [1.807, 2.05) is 12.3 Å². The largest absolute Gasteiger partial charge is 0.375 e. The number of hydrogen-bond donors (Lipinski definition) is 2. The van der Waals surface area contributed by atoms with E-state index in [2.05, 4.69) is 24.1 Å². The normalized spacial score (nSPS) is 18.6. The summed E-state index contributed by atoms with van der Waals surface area (Å²) in [5, 5.41) is 3.38. The maximum absolute atomic E-state index is 11.4. The predicted molar refractivity (Wildman–Crippen MR) is 56.5 cm³/mol. The Balaban J connectivity index is 2.42. The van der Waals surface area contributed by atoms with Crippen molar-refractivity contribution in [3.05, 3.63) is 12.3 Å². The molecule has 1 aliphatic heterocycles. The summed E-state index contributed by atoms with van der Waals surface area (Å²) in [7, 11) is 0. The van der Waals surface area contributed by atoms with Crippen molar-refractivity contribution in [1.82, 2.24) is 4.98 Å². The number of nitrogens with one attached hydrogen (secondary N) is 2. The molecule has 4 nitrogen and oxygen atoms in total. The number of anilines is 2. The summed E-state index contributed by atoms with van der Waals surface area (Å²) >= 11 is 0. The molecule has 0 aromatic carbocycles. The van der Waals surface area contributed by atoms with Gasteiger partial charge in [-0.3, -0.25) is 9.69 Å². The number of fused-ring (bicyclic) bond motifs is 1. The Hall–Kier alpha value is -1.45. The van der Waals surface area contributed by atoms with E-state index in [1.54, 1.807) is 11.8 Å². The fourth-order valence-corrected chi connectivity index (χ4v) is 1.83. The number of H-pyrrole nitrogens is 1. The Morgan fingerprint density at radius 2 is 2.29 bits per heavy atom. The Bertz CT molecular complexity index is 367. The van der Waals surface area contributed by atoms with Crippen molar-refractivity contribution >= 4 is 17.4 Å². The minimum Gasteiger partial charge on any atom is -0.375 e. The van der Waals surface area contributed by atoms with Crippen molar-refractivity contribution in [3.8, 4) is 0 Å². The van der Waals surface area contributed by atoms with Crippen LogP contribution in [0.5, 0.6) is 0 Å². The van der Waals surface area contributed by atoms with Crippen LogP contribution in [0.2, 0.25) is 0 Å². The SMILES string of the molecule is CC(=O)N1CC(C)(C)Nc2cc[nH]c21. The quantitative estimate of drug-likeness (QED) is 0.657. The van der Waals surface area contributed by atoms with Crippen molar-refractivity contribution in [1.29, 1.82) is 0 Å². The zero-order chi connectivity index (χ0) is 10.3. The average Bonchev–Trinajstić information content (AvgIpc) is 2.47. The number of carbonyl (C=O) groups is 1. The minimum atomic E-state index is -0.0686. The summed E-state index contributed by atoms with van der Waals surface area (Å²) in [6.07, 6.45) is 1.84. The second-order valence-corrected chi connectivity index (χ2v) is 4.35. The van der Waals surface area contributed by atoms with Crippen molar-refractivity contribution in [2.24, 2.45) is 0 Å². The molecule has 0 saturated heterocycles. The third-order valence-corrected chi connectivity index (χ3v) is 2.40. The van der Waals surface area contributed by atoms with Crippen LogP contribution in [-0.2, 0) is 4.79 Å². The zero-order valence-corrected chi connectivity index (χ0v) is 8.72. The van der Waals surface area contributed by atoms with Crippen LogP contribution in [0.3, 0.4) is 0 Å². The third-order valence-electron chi connectivity index (χ3n) is 2.40. The minimum absolute atomic E-state index is 0.0686. The van der Waals surface area contributed by atoms with Crippen LogP contribution in [0.1, 0.15) is 20.8 Å². The van der Waals surface area contributed by atoms with Gasteiger partial charge in [0, 0.05) is 25.2 Å². The van der Waals surface area contributed by atoms with Gasteiger partial charge in [-0.05, 0) is 19.9 Å². The van der Waals surface area contributed by atoms with Crippen LogP contribution < -0.4 is 10.2 Å². The maximum atomic E-state index is 11.4. The van der Waals surface area contributed by atoms with Gasteiger partial charge in [-0.15, -0.1) is 0 Å². The molecule has 0 atom stereocenters. The first-order valence-electron chi connectivity index (χ1n) is 4.73. The van der Waals surface area contributed by atoms with Gasteiger partial charge in [0.25, 0.3) is 0 Å². The fraction of sp³-hybridized carbons (Fsp3) is 0.500. The van der Waals surface area contributed by atoms with Gasteiger partial charge in [-0.25, -0.2) is 0 Å². The number of amides is 1. The number of nitrogens with zero attached hydrogens (tertiary/aromatic N) is 1. The van der Waals surface area contributed by atoms with Crippen molar-refractivity contribution in [3.63, 3.8) is 0 Å². The van der Waals surface area contributed by atoms with Gasteiger partial charge in [0.2, 0.25) is 5.91 Å². The predicted octanol–water partition coefficient (Wildman–Crippen LogP) is 1.57. The summed E-state index contributed by atoms with van der Waals surface area (Å²) in [4.78, 5) is 16.3. The second-order valence-electron chi connectivity index (χ2n) is 4.35. The molecule has 1 aromatic heterocycles. The van der Waals surface area contributed by atoms with E-state index < -0.39 is 0 Å². The van der Waals surface area contributed by atoms with Crippen LogP contribution in [0, 0.1) is 0 Å². The van der Waals surface area contributed by atoms with Gasteiger partial charge in [0.1, 0.15) is 5.82 Å². The summed E-state index contributed by atoms with van der Waals surface area (Å²) in [6, 6.07) is 1.95. The van der Waals surface area contributed by atoms with Crippen molar-refractivity contribution in [2.75, 3.05) is 16.8 Å². The van der Waals surface area contributed by atoms with E-state index in [0.717, 1.165) is 11.5 Å². The van der Waals surface area contributed by atoms with E-state index >= 15 is 0 Å². The topological polar surface area (TPSA) is 48.1 Å². The molecule has 2 rings (SSSR count). The molecule has 1 amide bonds. The third kappa shape index (κ3) is 1.36. The van der Waals surface area contributed by atoms with Gasteiger partial charge < -0.3 is 10.3 Å². The number of carbonyl (C=O) groups excluding carboxylic acids is 1. The molecular weight excluding hydrogens is 178 g/mol. The van der Waals surface area contributed by atoms with Gasteiger partial charge >= 0.3 is 0 Å². The highest BCUT2D eigenvalue weighted by Crippen LogP contribution is 2.32. The second kappa shape index (κ2) is 2.77.